The summed E-state index contributed by atoms with van der Waals surface area (Å²) in [5, 5.41) is 3.91. The molecule has 0 saturated carbocycles. The van der Waals surface area contributed by atoms with E-state index in [0.29, 0.717) is 4.90 Å². The van der Waals surface area contributed by atoms with Gasteiger partial charge in [-0.15, -0.1) is 12.6 Å². The van der Waals surface area contributed by atoms with Gasteiger partial charge in [-0.2, -0.15) is 5.10 Å². The first kappa shape index (κ1) is 7.63. The number of aromatic nitrogens is 2. The summed E-state index contributed by atoms with van der Waals surface area (Å²) in [7, 11) is 1.53. The monoisotopic (exact) mass is 176 g/mol. The Morgan fingerprint density at radius 1 is 1.80 bits per heavy atom. The minimum atomic E-state index is -0.214. The van der Waals surface area contributed by atoms with Crippen LogP contribution in [0.25, 0.3) is 0 Å². The lowest BCUT2D eigenvalue weighted by Crippen LogP contribution is -2.18. The fraction of sp³-hybridized carbons (Fsp3) is 0.200. The molecule has 3 nitrogen and oxygen atoms in total. The summed E-state index contributed by atoms with van der Waals surface area (Å²) in [6.07, 6.45) is 0. The summed E-state index contributed by atoms with van der Waals surface area (Å²) in [5.74, 6) is 0. The minimum absolute atomic E-state index is 0.214. The van der Waals surface area contributed by atoms with E-state index in [0.717, 1.165) is 4.68 Å². The largest absolute Gasteiger partial charge is 0.268 e. The molecule has 0 aliphatic heterocycles. The molecule has 0 aromatic carbocycles. The molecule has 0 aliphatic carbocycles. The molecule has 1 rings (SSSR count). The number of halogens is 1. The van der Waals surface area contributed by atoms with Crippen LogP contribution in [0.15, 0.2) is 15.8 Å². The third kappa shape index (κ3) is 1.33. The first-order chi connectivity index (χ1) is 4.61. The van der Waals surface area contributed by atoms with Crippen LogP contribution in [-0.4, -0.2) is 9.78 Å². The molecular weight excluding hydrogens is 172 g/mol. The third-order valence-corrected chi connectivity index (χ3v) is 1.78. The van der Waals surface area contributed by atoms with Gasteiger partial charge in [0.1, 0.15) is 0 Å². The molecular formula is C5H5ClN2OS. The third-order valence-electron chi connectivity index (χ3n) is 1.03. The SMILES string of the molecule is Cn1nc(Cl)c(S)cc1=O. The van der Waals surface area contributed by atoms with E-state index < -0.39 is 0 Å². The van der Waals surface area contributed by atoms with Crippen LogP contribution in [0.3, 0.4) is 0 Å². The van der Waals surface area contributed by atoms with Crippen LogP contribution in [0.4, 0.5) is 0 Å². The van der Waals surface area contributed by atoms with Crippen molar-refractivity contribution in [3.8, 4) is 0 Å². The van der Waals surface area contributed by atoms with Crippen molar-refractivity contribution in [3.05, 3.63) is 21.6 Å². The Kier molecular flexibility index (Phi) is 2.01. The lowest BCUT2D eigenvalue weighted by atomic mass is 10.6. The highest BCUT2D eigenvalue weighted by molar-refractivity contribution is 7.80. The molecule has 1 heterocycles. The number of thiol groups is 1. The molecule has 0 saturated heterocycles. The van der Waals surface area contributed by atoms with Gasteiger partial charge >= 0.3 is 0 Å². The highest BCUT2D eigenvalue weighted by Crippen LogP contribution is 2.12. The first-order valence-electron chi connectivity index (χ1n) is 2.54. The second kappa shape index (κ2) is 2.64. The molecule has 0 fully saturated rings. The summed E-state index contributed by atoms with van der Waals surface area (Å²) in [6.45, 7) is 0. The average Bonchev–Trinajstić information content (AvgIpc) is 1.84. The van der Waals surface area contributed by atoms with Gasteiger partial charge in [0, 0.05) is 18.0 Å². The molecule has 0 radical (unpaired) electrons. The zero-order valence-corrected chi connectivity index (χ0v) is 6.86. The van der Waals surface area contributed by atoms with E-state index in [2.05, 4.69) is 17.7 Å². The van der Waals surface area contributed by atoms with Crippen LogP contribution in [0.5, 0.6) is 0 Å². The van der Waals surface area contributed by atoms with Crippen LogP contribution >= 0.6 is 24.2 Å². The fourth-order valence-electron chi connectivity index (χ4n) is 0.502. The molecule has 0 amide bonds. The predicted octanol–water partition coefficient (Wildman–Crippen LogP) is 0.722. The molecule has 0 atom stereocenters. The maximum atomic E-state index is 10.8. The van der Waals surface area contributed by atoms with Crippen molar-refractivity contribution in [1.82, 2.24) is 9.78 Å². The molecule has 0 bridgehead atoms. The molecule has 1 aromatic rings. The predicted molar refractivity (Wildman–Crippen MR) is 41.7 cm³/mol. The number of hydrogen-bond donors (Lipinski definition) is 1. The Labute approximate surface area is 68.0 Å². The standard InChI is InChI=1S/C5H5ClN2OS/c1-8-4(9)2-3(10)5(6)7-8/h2,10H,1H3. The van der Waals surface area contributed by atoms with Crippen molar-refractivity contribution in [2.45, 2.75) is 4.90 Å². The maximum absolute atomic E-state index is 10.8. The Hall–Kier alpha value is -0.480. The van der Waals surface area contributed by atoms with Crippen molar-refractivity contribution in [2.24, 2.45) is 7.05 Å². The Balaban J connectivity index is 3.43. The topological polar surface area (TPSA) is 34.9 Å². The van der Waals surface area contributed by atoms with Crippen LogP contribution in [0.2, 0.25) is 5.15 Å². The second-order valence-corrected chi connectivity index (χ2v) is 2.62. The van der Waals surface area contributed by atoms with E-state index in [1.54, 1.807) is 0 Å². The highest BCUT2D eigenvalue weighted by atomic mass is 35.5. The van der Waals surface area contributed by atoms with E-state index in [-0.39, 0.29) is 10.7 Å². The summed E-state index contributed by atoms with van der Waals surface area (Å²) in [4.78, 5) is 11.2. The van der Waals surface area contributed by atoms with E-state index in [9.17, 15) is 4.79 Å². The minimum Gasteiger partial charge on any atom is -0.268 e. The molecule has 10 heavy (non-hydrogen) atoms. The van der Waals surface area contributed by atoms with Crippen LogP contribution < -0.4 is 5.56 Å². The van der Waals surface area contributed by atoms with Crippen LogP contribution in [-0.2, 0) is 7.05 Å². The number of aryl methyl sites for hydroxylation is 1. The zero-order valence-electron chi connectivity index (χ0n) is 5.21. The highest BCUT2D eigenvalue weighted by Gasteiger charge is 1.98. The summed E-state index contributed by atoms with van der Waals surface area (Å²) >= 11 is 9.45. The van der Waals surface area contributed by atoms with E-state index in [4.69, 9.17) is 11.6 Å². The van der Waals surface area contributed by atoms with Crippen molar-refractivity contribution >= 4 is 24.2 Å². The first-order valence-corrected chi connectivity index (χ1v) is 3.36. The van der Waals surface area contributed by atoms with Gasteiger partial charge in [0.15, 0.2) is 5.15 Å². The summed E-state index contributed by atoms with van der Waals surface area (Å²) < 4.78 is 1.15. The van der Waals surface area contributed by atoms with Gasteiger partial charge in [-0.05, 0) is 0 Å². The summed E-state index contributed by atoms with van der Waals surface area (Å²) in [6, 6.07) is 1.32. The fourth-order valence-corrected chi connectivity index (χ4v) is 0.825. The Morgan fingerprint density at radius 2 is 2.40 bits per heavy atom. The molecule has 0 N–H and O–H groups in total. The molecule has 0 unspecified atom stereocenters. The maximum Gasteiger partial charge on any atom is 0.267 e. The van der Waals surface area contributed by atoms with Gasteiger partial charge in [-0.25, -0.2) is 4.68 Å². The summed E-state index contributed by atoms with van der Waals surface area (Å²) in [5.41, 5.74) is -0.214. The zero-order chi connectivity index (χ0) is 7.72. The molecule has 5 heteroatoms. The normalized spacial score (nSPS) is 9.90. The number of nitrogens with zero attached hydrogens (tertiary/aromatic N) is 2. The molecule has 54 valence electrons. The smallest absolute Gasteiger partial charge is 0.267 e. The molecule has 1 aromatic heterocycles. The van der Waals surface area contributed by atoms with Gasteiger partial charge in [0.25, 0.3) is 5.56 Å². The number of hydrogen-bond acceptors (Lipinski definition) is 3. The molecule has 0 aliphatic rings. The van der Waals surface area contributed by atoms with Gasteiger partial charge in [-0.3, -0.25) is 4.79 Å². The van der Waals surface area contributed by atoms with Crippen LogP contribution in [0.1, 0.15) is 0 Å². The van der Waals surface area contributed by atoms with Crippen molar-refractivity contribution in [1.29, 1.82) is 0 Å². The van der Waals surface area contributed by atoms with Crippen LogP contribution in [0, 0.1) is 0 Å². The number of rotatable bonds is 0. The van der Waals surface area contributed by atoms with Crippen molar-refractivity contribution in [2.75, 3.05) is 0 Å². The lowest BCUT2D eigenvalue weighted by Gasteiger charge is -1.96. The second-order valence-electron chi connectivity index (χ2n) is 1.78. The van der Waals surface area contributed by atoms with E-state index in [1.165, 1.54) is 13.1 Å². The van der Waals surface area contributed by atoms with Gasteiger partial charge in [0.2, 0.25) is 0 Å². The van der Waals surface area contributed by atoms with Gasteiger partial charge < -0.3 is 0 Å². The quantitative estimate of drug-likeness (QED) is 0.592. The lowest BCUT2D eigenvalue weighted by molar-refractivity contribution is 0.697. The van der Waals surface area contributed by atoms with Crippen molar-refractivity contribution < 1.29 is 0 Å². The average molecular weight is 177 g/mol. The van der Waals surface area contributed by atoms with Gasteiger partial charge in [0.05, 0.1) is 0 Å². The Bertz CT molecular complexity index is 309. The van der Waals surface area contributed by atoms with Crippen molar-refractivity contribution in [3.63, 3.8) is 0 Å². The molecule has 0 spiro atoms. The van der Waals surface area contributed by atoms with E-state index >= 15 is 0 Å². The Morgan fingerprint density at radius 3 is 2.90 bits per heavy atom. The van der Waals surface area contributed by atoms with Gasteiger partial charge in [-0.1, -0.05) is 11.6 Å². The van der Waals surface area contributed by atoms with E-state index in [1.807, 2.05) is 0 Å².